The summed E-state index contributed by atoms with van der Waals surface area (Å²) in [4.78, 5) is 25.9. The number of halogens is 2. The molecule has 1 heterocycles. The van der Waals surface area contributed by atoms with Gasteiger partial charge >= 0.3 is 0 Å². The number of rotatable bonds is 3. The third kappa shape index (κ3) is 2.89. The summed E-state index contributed by atoms with van der Waals surface area (Å²) >= 11 is 12.2. The van der Waals surface area contributed by atoms with E-state index in [2.05, 4.69) is 13.8 Å². The first kappa shape index (κ1) is 17.5. The van der Waals surface area contributed by atoms with Crippen molar-refractivity contribution in [2.45, 2.75) is 25.7 Å². The molecule has 2 amide bonds. The molecule has 1 aromatic carbocycles. The number of hydrogen-bond acceptors (Lipinski definition) is 3. The Morgan fingerprint density at radius 1 is 1.29 bits per heavy atom. The van der Waals surface area contributed by atoms with Gasteiger partial charge in [-0.2, -0.15) is 0 Å². The molecule has 2 aliphatic rings. The van der Waals surface area contributed by atoms with E-state index in [1.807, 2.05) is 17.0 Å². The van der Waals surface area contributed by atoms with Gasteiger partial charge in [-0.3, -0.25) is 14.8 Å². The Balaban J connectivity index is 1.75. The molecule has 24 heavy (non-hydrogen) atoms. The fourth-order valence-corrected chi connectivity index (χ4v) is 3.92. The van der Waals surface area contributed by atoms with E-state index in [-0.39, 0.29) is 23.2 Å². The summed E-state index contributed by atoms with van der Waals surface area (Å²) in [6.07, 6.45) is 0.500. The molecule has 1 aliphatic heterocycles. The zero-order chi connectivity index (χ0) is 17.6. The third-order valence-electron chi connectivity index (χ3n) is 5.55. The number of carbonyl (C=O) groups is 2. The van der Waals surface area contributed by atoms with Gasteiger partial charge in [-0.25, -0.2) is 5.48 Å². The normalized spacial score (nSPS) is 31.9. The van der Waals surface area contributed by atoms with Gasteiger partial charge in [-0.15, -0.1) is 0 Å². The van der Waals surface area contributed by atoms with Crippen molar-refractivity contribution in [2.24, 2.45) is 17.8 Å². The number of nitrogens with one attached hydrogen (secondary N) is 1. The lowest BCUT2D eigenvalue weighted by Gasteiger charge is -2.29. The number of benzene rings is 1. The van der Waals surface area contributed by atoms with Crippen molar-refractivity contribution in [2.75, 3.05) is 13.1 Å². The molecule has 0 bridgehead atoms. The molecule has 0 aromatic heterocycles. The van der Waals surface area contributed by atoms with Gasteiger partial charge in [0.05, 0.1) is 21.9 Å². The Bertz CT molecular complexity index is 696. The number of carbonyl (C=O) groups excluding carboxylic acids is 2. The second-order valence-corrected chi connectivity index (χ2v) is 7.91. The molecule has 1 aliphatic carbocycles. The first-order valence-electron chi connectivity index (χ1n) is 7.96. The molecular formula is C17H20Cl2N2O3. The van der Waals surface area contributed by atoms with Crippen molar-refractivity contribution in [1.82, 2.24) is 10.4 Å². The number of hydrogen-bond donors (Lipinski definition) is 2. The van der Waals surface area contributed by atoms with E-state index in [1.54, 1.807) is 11.5 Å². The Morgan fingerprint density at radius 2 is 2.00 bits per heavy atom. The minimum Gasteiger partial charge on any atom is -0.341 e. The van der Waals surface area contributed by atoms with Gasteiger partial charge in [0.1, 0.15) is 0 Å². The Morgan fingerprint density at radius 3 is 2.62 bits per heavy atom. The van der Waals surface area contributed by atoms with Gasteiger partial charge < -0.3 is 4.90 Å². The first-order valence-corrected chi connectivity index (χ1v) is 8.71. The molecule has 0 radical (unpaired) electrons. The Hall–Kier alpha value is -1.30. The van der Waals surface area contributed by atoms with Crippen LogP contribution in [0.3, 0.4) is 0 Å². The number of hydroxylamine groups is 1. The molecule has 0 spiro atoms. The lowest BCUT2D eigenvalue weighted by molar-refractivity contribution is -0.136. The summed E-state index contributed by atoms with van der Waals surface area (Å²) in [6, 6.07) is 5.61. The van der Waals surface area contributed by atoms with Gasteiger partial charge in [-0.1, -0.05) is 43.1 Å². The second kappa shape index (κ2) is 6.21. The molecule has 4 atom stereocenters. The van der Waals surface area contributed by atoms with Crippen molar-refractivity contribution >= 4 is 35.0 Å². The molecular weight excluding hydrogens is 351 g/mol. The quantitative estimate of drug-likeness (QED) is 0.634. The Kier molecular flexibility index (Phi) is 4.53. The summed E-state index contributed by atoms with van der Waals surface area (Å²) < 4.78 is 0. The summed E-state index contributed by atoms with van der Waals surface area (Å²) in [5.74, 6) is -0.968. The summed E-state index contributed by atoms with van der Waals surface area (Å²) in [7, 11) is 0. The first-order chi connectivity index (χ1) is 11.3. The maximum Gasteiger partial charge on any atom is 0.247 e. The van der Waals surface area contributed by atoms with E-state index in [0.29, 0.717) is 29.6 Å². The molecule has 0 unspecified atom stereocenters. The summed E-state index contributed by atoms with van der Waals surface area (Å²) in [6.45, 7) is 5.45. The van der Waals surface area contributed by atoms with Crippen LogP contribution in [0.1, 0.15) is 25.8 Å². The van der Waals surface area contributed by atoms with Crippen LogP contribution in [0.4, 0.5) is 0 Å². The van der Waals surface area contributed by atoms with Crippen molar-refractivity contribution < 1.29 is 14.8 Å². The molecule has 2 N–H and O–H groups in total. The van der Waals surface area contributed by atoms with Gasteiger partial charge in [0.2, 0.25) is 11.8 Å². The van der Waals surface area contributed by atoms with E-state index in [9.17, 15) is 9.59 Å². The minimum atomic E-state index is -0.479. The zero-order valence-electron chi connectivity index (χ0n) is 13.6. The van der Waals surface area contributed by atoms with Crippen LogP contribution >= 0.6 is 23.2 Å². The average Bonchev–Trinajstić information content (AvgIpc) is 3.29. The molecule has 1 saturated carbocycles. The van der Waals surface area contributed by atoms with Crippen LogP contribution in [-0.4, -0.2) is 35.0 Å². The van der Waals surface area contributed by atoms with Gasteiger partial charge in [-0.05, 0) is 30.0 Å². The number of likely N-dealkylation sites (tertiary alicyclic amines) is 1. The molecule has 1 aromatic rings. The molecule has 3 rings (SSSR count). The van der Waals surface area contributed by atoms with Crippen LogP contribution < -0.4 is 5.48 Å². The van der Waals surface area contributed by atoms with Crippen LogP contribution in [0.15, 0.2) is 18.2 Å². The average molecular weight is 371 g/mol. The van der Waals surface area contributed by atoms with Crippen LogP contribution in [0.5, 0.6) is 0 Å². The standard InChI is InChI=1S/C17H20Cl2N2O3/c1-9-7-21(16(23)12-6-11(12)15(22)20-24)8-17(9,2)10-3-4-13(18)14(19)5-10/h3-5,9,11-12,24H,6-8H2,1-2H3,(H,20,22)/t9-,11+,12+,17-/m1/s1. The highest BCUT2D eigenvalue weighted by atomic mass is 35.5. The number of nitrogens with zero attached hydrogens (tertiary/aromatic N) is 1. The van der Waals surface area contributed by atoms with E-state index in [1.165, 1.54) is 0 Å². The third-order valence-corrected chi connectivity index (χ3v) is 6.29. The van der Waals surface area contributed by atoms with Crippen molar-refractivity contribution in [3.63, 3.8) is 0 Å². The predicted molar refractivity (Wildman–Crippen MR) is 91.1 cm³/mol. The van der Waals surface area contributed by atoms with Crippen LogP contribution in [0, 0.1) is 17.8 Å². The molecule has 5 nitrogen and oxygen atoms in total. The summed E-state index contributed by atoms with van der Waals surface area (Å²) in [5.41, 5.74) is 2.47. The highest BCUT2D eigenvalue weighted by molar-refractivity contribution is 6.42. The largest absolute Gasteiger partial charge is 0.341 e. The van der Waals surface area contributed by atoms with Crippen LogP contribution in [-0.2, 0) is 15.0 Å². The van der Waals surface area contributed by atoms with Gasteiger partial charge in [0, 0.05) is 18.5 Å². The molecule has 7 heteroatoms. The SMILES string of the molecule is C[C@@H]1CN(C(=O)[C@H]2C[C@@H]2C(=O)NO)C[C@@]1(C)c1ccc(Cl)c(Cl)c1. The second-order valence-electron chi connectivity index (χ2n) is 7.09. The topological polar surface area (TPSA) is 69.6 Å². The van der Waals surface area contributed by atoms with Crippen LogP contribution in [0.2, 0.25) is 10.0 Å². The van der Waals surface area contributed by atoms with Crippen LogP contribution in [0.25, 0.3) is 0 Å². The molecule has 2 fully saturated rings. The van der Waals surface area contributed by atoms with E-state index in [0.717, 1.165) is 5.56 Å². The number of amides is 2. The monoisotopic (exact) mass is 370 g/mol. The van der Waals surface area contributed by atoms with E-state index in [4.69, 9.17) is 28.4 Å². The fraction of sp³-hybridized carbons (Fsp3) is 0.529. The minimum absolute atomic E-state index is 0.0146. The van der Waals surface area contributed by atoms with E-state index >= 15 is 0 Å². The summed E-state index contributed by atoms with van der Waals surface area (Å²) in [5, 5.41) is 9.71. The predicted octanol–water partition coefficient (Wildman–Crippen LogP) is 2.87. The molecule has 1 saturated heterocycles. The lowest BCUT2D eigenvalue weighted by atomic mass is 9.75. The maximum atomic E-state index is 12.6. The van der Waals surface area contributed by atoms with Gasteiger partial charge in [0.15, 0.2) is 0 Å². The van der Waals surface area contributed by atoms with Crippen molar-refractivity contribution in [1.29, 1.82) is 0 Å². The lowest BCUT2D eigenvalue weighted by Crippen LogP contribution is -2.35. The Labute approximate surface area is 150 Å². The zero-order valence-corrected chi connectivity index (χ0v) is 15.1. The molecule has 130 valence electrons. The smallest absolute Gasteiger partial charge is 0.247 e. The van der Waals surface area contributed by atoms with Crippen molar-refractivity contribution in [3.05, 3.63) is 33.8 Å². The van der Waals surface area contributed by atoms with E-state index < -0.39 is 11.8 Å². The maximum absolute atomic E-state index is 12.6. The fourth-order valence-electron chi connectivity index (χ4n) is 3.62. The highest BCUT2D eigenvalue weighted by Crippen LogP contribution is 2.45. The highest BCUT2D eigenvalue weighted by Gasteiger charge is 2.52. The van der Waals surface area contributed by atoms with Crippen molar-refractivity contribution in [3.8, 4) is 0 Å². The van der Waals surface area contributed by atoms with Gasteiger partial charge in [0.25, 0.3) is 0 Å².